The van der Waals surface area contributed by atoms with Crippen molar-refractivity contribution in [2.75, 3.05) is 13.1 Å². The number of rotatable bonds is 7. The molecule has 1 aliphatic heterocycles. The number of nitrogens with one attached hydrogen (secondary N) is 1. The van der Waals surface area contributed by atoms with Crippen LogP contribution in [0.15, 0.2) is 36.5 Å². The zero-order chi connectivity index (χ0) is 29.5. The molecule has 10 nitrogen and oxygen atoms in total. The number of benzene rings is 1. The predicted octanol–water partition coefficient (Wildman–Crippen LogP) is 4.49. The van der Waals surface area contributed by atoms with Crippen LogP contribution in [0.1, 0.15) is 83.5 Å². The van der Waals surface area contributed by atoms with E-state index in [9.17, 15) is 22.8 Å². The summed E-state index contributed by atoms with van der Waals surface area (Å²) in [5.41, 5.74) is 1.10. The molecule has 5 rings (SSSR count). The molecule has 1 saturated heterocycles. The third-order valence-electron chi connectivity index (χ3n) is 6.87. The molecule has 3 heterocycles. The summed E-state index contributed by atoms with van der Waals surface area (Å²) in [6.45, 7) is 8.20. The van der Waals surface area contributed by atoms with Crippen LogP contribution in [0.3, 0.4) is 0 Å². The number of alkyl halides is 3. The van der Waals surface area contributed by atoms with Crippen molar-refractivity contribution in [1.82, 2.24) is 30.0 Å². The Hall–Kier alpha value is -4.00. The fraction of sp³-hybridized carbons (Fsp3) is 0.464. The van der Waals surface area contributed by atoms with Gasteiger partial charge in [-0.05, 0) is 82.3 Å². The Morgan fingerprint density at radius 3 is 2.41 bits per heavy atom. The van der Waals surface area contributed by atoms with E-state index in [4.69, 9.17) is 4.74 Å². The second-order valence-electron chi connectivity index (χ2n) is 10.6. The highest BCUT2D eigenvalue weighted by molar-refractivity contribution is 5.95. The van der Waals surface area contributed by atoms with Crippen molar-refractivity contribution in [3.63, 3.8) is 0 Å². The van der Waals surface area contributed by atoms with Crippen LogP contribution in [0, 0.1) is 6.92 Å². The molecule has 2 aromatic heterocycles. The van der Waals surface area contributed by atoms with E-state index < -0.39 is 24.1 Å². The number of carbonyl (C=O) groups excluding carboxylic acids is 2. The monoisotopic (exact) mass is 572 g/mol. The zero-order valence-corrected chi connectivity index (χ0v) is 23.1. The van der Waals surface area contributed by atoms with Crippen molar-refractivity contribution in [1.29, 1.82) is 0 Å². The molecular formula is C28H31F3N6O4. The Kier molecular flexibility index (Phi) is 7.73. The number of hydrogen-bond acceptors (Lipinski definition) is 7. The Morgan fingerprint density at radius 2 is 1.80 bits per heavy atom. The Morgan fingerprint density at radius 1 is 1.10 bits per heavy atom. The third-order valence-corrected chi connectivity index (χ3v) is 6.87. The van der Waals surface area contributed by atoms with Gasteiger partial charge in [-0.25, -0.2) is 9.97 Å². The fourth-order valence-electron chi connectivity index (χ4n) is 4.99. The largest absolute Gasteiger partial charge is 0.573 e. The smallest absolute Gasteiger partial charge is 0.406 e. The molecule has 0 radical (unpaired) electrons. The predicted molar refractivity (Wildman–Crippen MR) is 141 cm³/mol. The molecule has 3 aromatic rings. The van der Waals surface area contributed by atoms with E-state index in [0.717, 1.165) is 18.9 Å². The number of morpholine rings is 1. The van der Waals surface area contributed by atoms with E-state index >= 15 is 0 Å². The van der Waals surface area contributed by atoms with Crippen molar-refractivity contribution < 1.29 is 32.2 Å². The maximum Gasteiger partial charge on any atom is 0.573 e. The van der Waals surface area contributed by atoms with Crippen molar-refractivity contribution in [3.05, 3.63) is 64.9 Å². The molecule has 1 aromatic carbocycles. The number of hydrogen-bond donors (Lipinski definition) is 1. The number of carbonyl (C=O) groups is 2. The van der Waals surface area contributed by atoms with Gasteiger partial charge in [0, 0.05) is 24.8 Å². The number of halogens is 3. The topological polar surface area (TPSA) is 111 Å². The second-order valence-corrected chi connectivity index (χ2v) is 10.6. The molecule has 1 aliphatic carbocycles. The molecule has 2 amide bonds. The number of ether oxygens (including phenoxy) is 2. The van der Waals surface area contributed by atoms with E-state index in [0.29, 0.717) is 41.7 Å². The van der Waals surface area contributed by atoms with Crippen LogP contribution in [0.2, 0.25) is 0 Å². The summed E-state index contributed by atoms with van der Waals surface area (Å²) in [4.78, 5) is 36.8. The lowest BCUT2D eigenvalue weighted by Crippen LogP contribution is -2.48. The van der Waals surface area contributed by atoms with Gasteiger partial charge in [0.25, 0.3) is 11.8 Å². The number of aromatic nitrogens is 4. The standard InChI is InChI=1S/C28H31F3N6O4/c1-15-13-36(14-16(2)40-15)27(39)20-7-8-24(32-12-20)37-25(34-18(4)35-37)17(3)33-26(38)22-9-21(19-5-6-19)10-23(11-22)41-28(29,30)31/h7-12,15-17,19H,5-6,13-14H2,1-4H3,(H,33,38)/t15-,16-,17+/m1/s1. The first kappa shape index (κ1) is 28.5. The molecular weight excluding hydrogens is 541 g/mol. The first-order chi connectivity index (χ1) is 19.4. The number of nitrogens with zero attached hydrogens (tertiary/aromatic N) is 5. The molecule has 13 heteroatoms. The summed E-state index contributed by atoms with van der Waals surface area (Å²) >= 11 is 0. The minimum Gasteiger partial charge on any atom is -0.406 e. The van der Waals surface area contributed by atoms with Crippen LogP contribution in [-0.2, 0) is 4.74 Å². The normalized spacial score (nSPS) is 20.0. The van der Waals surface area contributed by atoms with E-state index in [1.54, 1.807) is 36.9 Å². The van der Waals surface area contributed by atoms with Gasteiger partial charge < -0.3 is 19.7 Å². The second kappa shape index (κ2) is 11.1. The molecule has 0 bridgehead atoms. The zero-order valence-electron chi connectivity index (χ0n) is 23.1. The highest BCUT2D eigenvalue weighted by Crippen LogP contribution is 2.42. The highest BCUT2D eigenvalue weighted by Gasteiger charge is 2.33. The quantitative estimate of drug-likeness (QED) is 0.444. The van der Waals surface area contributed by atoms with Crippen molar-refractivity contribution in [3.8, 4) is 11.6 Å². The van der Waals surface area contributed by atoms with E-state index in [2.05, 4.69) is 25.1 Å². The summed E-state index contributed by atoms with van der Waals surface area (Å²) in [6, 6.07) is 6.61. The average Bonchev–Trinajstić information content (AvgIpc) is 3.67. The van der Waals surface area contributed by atoms with Crippen LogP contribution in [0.5, 0.6) is 5.75 Å². The summed E-state index contributed by atoms with van der Waals surface area (Å²) in [7, 11) is 0. The van der Waals surface area contributed by atoms with Gasteiger partial charge in [-0.2, -0.15) is 4.68 Å². The minimum absolute atomic E-state index is 0.0519. The van der Waals surface area contributed by atoms with E-state index in [1.165, 1.54) is 16.9 Å². The van der Waals surface area contributed by atoms with Crippen molar-refractivity contribution in [2.45, 2.75) is 71.1 Å². The minimum atomic E-state index is -4.87. The molecule has 1 N–H and O–H groups in total. The number of aryl methyl sites for hydroxylation is 1. The molecule has 2 aliphatic rings. The van der Waals surface area contributed by atoms with E-state index in [1.807, 2.05) is 13.8 Å². The van der Waals surface area contributed by atoms with Crippen molar-refractivity contribution in [2.24, 2.45) is 0 Å². The Balaban J connectivity index is 1.33. The fourth-order valence-corrected chi connectivity index (χ4v) is 4.99. The first-order valence-corrected chi connectivity index (χ1v) is 13.4. The van der Waals surface area contributed by atoms with Crippen LogP contribution < -0.4 is 10.1 Å². The van der Waals surface area contributed by atoms with Gasteiger partial charge in [-0.15, -0.1) is 18.3 Å². The number of pyridine rings is 1. The summed E-state index contributed by atoms with van der Waals surface area (Å²) in [6.07, 6.45) is -1.84. The first-order valence-electron chi connectivity index (χ1n) is 13.4. The van der Waals surface area contributed by atoms with Gasteiger partial charge in [-0.3, -0.25) is 9.59 Å². The number of amides is 2. The van der Waals surface area contributed by atoms with Gasteiger partial charge in [0.15, 0.2) is 11.6 Å². The molecule has 1 saturated carbocycles. The van der Waals surface area contributed by atoms with Crippen LogP contribution in [0.25, 0.3) is 5.82 Å². The summed E-state index contributed by atoms with van der Waals surface area (Å²) in [5.74, 6) is 0.125. The van der Waals surface area contributed by atoms with Gasteiger partial charge >= 0.3 is 6.36 Å². The molecule has 41 heavy (non-hydrogen) atoms. The van der Waals surface area contributed by atoms with Crippen LogP contribution in [-0.4, -0.2) is 68.1 Å². The van der Waals surface area contributed by atoms with Gasteiger partial charge in [0.05, 0.1) is 23.8 Å². The lowest BCUT2D eigenvalue weighted by molar-refractivity contribution is -0.274. The van der Waals surface area contributed by atoms with Gasteiger partial charge in [0.1, 0.15) is 11.6 Å². The highest BCUT2D eigenvalue weighted by atomic mass is 19.4. The average molecular weight is 573 g/mol. The van der Waals surface area contributed by atoms with E-state index in [-0.39, 0.29) is 29.6 Å². The SMILES string of the molecule is Cc1nc([C@H](C)NC(=O)c2cc(OC(F)(F)F)cc(C3CC3)c2)n(-c2ccc(C(=O)N3C[C@@H](C)O[C@H](C)C3)cn2)n1. The molecule has 218 valence electrons. The molecule has 0 unspecified atom stereocenters. The van der Waals surface area contributed by atoms with Gasteiger partial charge in [-0.1, -0.05) is 0 Å². The third kappa shape index (κ3) is 6.84. The van der Waals surface area contributed by atoms with Crippen molar-refractivity contribution >= 4 is 11.8 Å². The Bertz CT molecular complexity index is 1430. The van der Waals surface area contributed by atoms with Crippen LogP contribution in [0.4, 0.5) is 13.2 Å². The summed E-state index contributed by atoms with van der Waals surface area (Å²) in [5, 5.41) is 7.20. The summed E-state index contributed by atoms with van der Waals surface area (Å²) < 4.78 is 49.9. The van der Waals surface area contributed by atoms with Gasteiger partial charge in [0.2, 0.25) is 0 Å². The lowest BCUT2D eigenvalue weighted by atomic mass is 10.1. The molecule has 0 spiro atoms. The molecule has 3 atom stereocenters. The van der Waals surface area contributed by atoms with Crippen LogP contribution >= 0.6 is 0 Å². The maximum absolute atomic E-state index is 13.1. The maximum atomic E-state index is 13.1. The lowest BCUT2D eigenvalue weighted by Gasteiger charge is -2.35. The Labute approximate surface area is 234 Å². The molecule has 2 fully saturated rings.